The fourth-order valence-electron chi connectivity index (χ4n) is 2.49. The van der Waals surface area contributed by atoms with Gasteiger partial charge in [0.25, 0.3) is 10.0 Å². The molecule has 3 rings (SSSR count). The second-order valence-corrected chi connectivity index (χ2v) is 7.02. The van der Waals surface area contributed by atoms with E-state index in [0.717, 1.165) is 17.7 Å². The fourth-order valence-corrected chi connectivity index (χ4v) is 4.20. The summed E-state index contributed by atoms with van der Waals surface area (Å²) >= 11 is 5.95. The van der Waals surface area contributed by atoms with Crippen LogP contribution in [0.1, 0.15) is 5.56 Å². The van der Waals surface area contributed by atoms with Crippen molar-refractivity contribution in [3.63, 3.8) is 0 Å². The maximum absolute atomic E-state index is 12.8. The van der Waals surface area contributed by atoms with Gasteiger partial charge in [-0.1, -0.05) is 29.8 Å². The van der Waals surface area contributed by atoms with Crippen LogP contribution in [0.5, 0.6) is 5.75 Å². The highest BCUT2D eigenvalue weighted by Gasteiger charge is 2.30. The Morgan fingerprint density at radius 2 is 1.95 bits per heavy atom. The van der Waals surface area contributed by atoms with Crippen LogP contribution in [0.15, 0.2) is 47.4 Å². The van der Waals surface area contributed by atoms with Gasteiger partial charge in [0.2, 0.25) is 0 Å². The zero-order valence-corrected chi connectivity index (χ0v) is 13.0. The molecule has 0 aliphatic carbocycles. The number of methoxy groups -OCH3 is 1. The number of nitrogens with zero attached hydrogens (tertiary/aromatic N) is 1. The Kier molecular flexibility index (Phi) is 3.55. The normalized spacial score (nSPS) is 14.1. The number of para-hydroxylation sites is 1. The van der Waals surface area contributed by atoms with E-state index in [4.69, 9.17) is 16.3 Å². The van der Waals surface area contributed by atoms with E-state index in [1.165, 1.54) is 29.6 Å². The highest BCUT2D eigenvalue weighted by molar-refractivity contribution is 7.92. The van der Waals surface area contributed by atoms with Crippen LogP contribution in [0, 0.1) is 0 Å². The number of benzene rings is 2. The summed E-state index contributed by atoms with van der Waals surface area (Å²) in [5, 5.41) is 0.387. The van der Waals surface area contributed by atoms with Gasteiger partial charge in [-0.2, -0.15) is 0 Å². The summed E-state index contributed by atoms with van der Waals surface area (Å²) in [6.45, 7) is 0.451. The first kappa shape index (κ1) is 14.2. The Hall–Kier alpha value is -1.72. The van der Waals surface area contributed by atoms with Crippen LogP contribution in [0.3, 0.4) is 0 Å². The van der Waals surface area contributed by atoms with Crippen molar-refractivity contribution in [2.75, 3.05) is 18.0 Å². The Balaban J connectivity index is 2.06. The largest absolute Gasteiger partial charge is 0.495 e. The molecule has 0 fully saturated rings. The molecule has 1 aliphatic heterocycles. The third-order valence-corrected chi connectivity index (χ3v) is 5.68. The minimum atomic E-state index is -3.61. The van der Waals surface area contributed by atoms with Gasteiger partial charge < -0.3 is 4.74 Å². The van der Waals surface area contributed by atoms with Crippen molar-refractivity contribution in [3.8, 4) is 5.75 Å². The molecule has 0 amide bonds. The number of fused-ring (bicyclic) bond motifs is 1. The zero-order valence-electron chi connectivity index (χ0n) is 11.4. The van der Waals surface area contributed by atoms with Gasteiger partial charge in [0.1, 0.15) is 5.75 Å². The number of hydrogen-bond donors (Lipinski definition) is 0. The molecular weight excluding hydrogens is 310 g/mol. The molecule has 2 aromatic carbocycles. The molecule has 4 nitrogen and oxygen atoms in total. The minimum Gasteiger partial charge on any atom is -0.495 e. The average molecular weight is 324 g/mol. The van der Waals surface area contributed by atoms with Crippen LogP contribution in [0.4, 0.5) is 5.69 Å². The van der Waals surface area contributed by atoms with Crippen molar-refractivity contribution in [2.45, 2.75) is 11.3 Å². The van der Waals surface area contributed by atoms with Crippen molar-refractivity contribution in [2.24, 2.45) is 0 Å². The zero-order chi connectivity index (χ0) is 15.0. The highest BCUT2D eigenvalue weighted by Crippen LogP contribution is 2.34. The molecular formula is C15H14ClNO3S. The summed E-state index contributed by atoms with van der Waals surface area (Å²) in [5.41, 5.74) is 1.79. The average Bonchev–Trinajstić information content (AvgIpc) is 2.92. The SMILES string of the molecule is COc1cc(S(=O)(=O)N2CCc3ccccc32)ccc1Cl. The third-order valence-electron chi connectivity index (χ3n) is 3.56. The topological polar surface area (TPSA) is 46.6 Å². The van der Waals surface area contributed by atoms with E-state index < -0.39 is 10.0 Å². The highest BCUT2D eigenvalue weighted by atomic mass is 35.5. The first-order chi connectivity index (χ1) is 10.0. The summed E-state index contributed by atoms with van der Waals surface area (Å²) in [5.74, 6) is 0.352. The van der Waals surface area contributed by atoms with Gasteiger partial charge in [-0.05, 0) is 30.2 Å². The molecule has 0 N–H and O–H groups in total. The van der Waals surface area contributed by atoms with Crippen LogP contribution >= 0.6 is 11.6 Å². The molecule has 0 saturated heterocycles. The summed E-state index contributed by atoms with van der Waals surface area (Å²) in [6, 6.07) is 12.0. The van der Waals surface area contributed by atoms with E-state index in [0.29, 0.717) is 17.3 Å². The van der Waals surface area contributed by atoms with Crippen molar-refractivity contribution in [1.82, 2.24) is 0 Å². The number of hydrogen-bond acceptors (Lipinski definition) is 3. The predicted molar refractivity (Wildman–Crippen MR) is 82.7 cm³/mol. The Labute approximate surface area is 129 Å². The quantitative estimate of drug-likeness (QED) is 0.872. The maximum Gasteiger partial charge on any atom is 0.264 e. The van der Waals surface area contributed by atoms with Crippen LogP contribution in [-0.4, -0.2) is 22.1 Å². The second-order valence-electron chi connectivity index (χ2n) is 4.75. The number of halogens is 1. The van der Waals surface area contributed by atoms with Gasteiger partial charge in [0.15, 0.2) is 0 Å². The maximum atomic E-state index is 12.8. The van der Waals surface area contributed by atoms with Crippen molar-refractivity contribution < 1.29 is 13.2 Å². The number of sulfonamides is 1. The van der Waals surface area contributed by atoms with E-state index in [2.05, 4.69) is 0 Å². The smallest absolute Gasteiger partial charge is 0.264 e. The van der Waals surface area contributed by atoms with Crippen LogP contribution in [0.2, 0.25) is 5.02 Å². The first-order valence-corrected chi connectivity index (χ1v) is 8.30. The summed E-state index contributed by atoms with van der Waals surface area (Å²) in [4.78, 5) is 0.181. The van der Waals surface area contributed by atoms with Crippen molar-refractivity contribution in [1.29, 1.82) is 0 Å². The molecule has 2 aromatic rings. The van der Waals surface area contributed by atoms with E-state index in [1.54, 1.807) is 0 Å². The molecule has 0 unspecified atom stereocenters. The van der Waals surface area contributed by atoms with Crippen LogP contribution in [-0.2, 0) is 16.4 Å². The van der Waals surface area contributed by atoms with E-state index in [1.807, 2.05) is 24.3 Å². The minimum absolute atomic E-state index is 0.181. The molecule has 21 heavy (non-hydrogen) atoms. The fraction of sp³-hybridized carbons (Fsp3) is 0.200. The molecule has 0 saturated carbocycles. The lowest BCUT2D eigenvalue weighted by atomic mass is 10.2. The molecule has 1 heterocycles. The standard InChI is InChI=1S/C15H14ClNO3S/c1-20-15-10-12(6-7-13(15)16)21(18,19)17-9-8-11-4-2-3-5-14(11)17/h2-7,10H,8-9H2,1H3. The lowest BCUT2D eigenvalue weighted by Gasteiger charge is -2.20. The molecule has 110 valence electrons. The summed E-state index contributed by atoms with van der Waals surface area (Å²) in [7, 11) is -2.15. The molecule has 6 heteroatoms. The van der Waals surface area contributed by atoms with Gasteiger partial charge in [0.05, 0.1) is 22.7 Å². The lowest BCUT2D eigenvalue weighted by molar-refractivity contribution is 0.413. The molecule has 0 aromatic heterocycles. The molecule has 0 spiro atoms. The Morgan fingerprint density at radius 3 is 2.71 bits per heavy atom. The second kappa shape index (κ2) is 5.24. The summed E-state index contributed by atoms with van der Waals surface area (Å²) < 4.78 is 32.1. The monoisotopic (exact) mass is 323 g/mol. The first-order valence-electron chi connectivity index (χ1n) is 6.48. The van der Waals surface area contributed by atoms with E-state index in [9.17, 15) is 8.42 Å². The molecule has 0 bridgehead atoms. The van der Waals surface area contributed by atoms with Crippen molar-refractivity contribution in [3.05, 3.63) is 53.1 Å². The Morgan fingerprint density at radius 1 is 1.19 bits per heavy atom. The van der Waals surface area contributed by atoms with Gasteiger partial charge in [-0.3, -0.25) is 4.31 Å². The summed E-state index contributed by atoms with van der Waals surface area (Å²) in [6.07, 6.45) is 0.722. The number of rotatable bonds is 3. The number of anilines is 1. The molecule has 0 radical (unpaired) electrons. The Bertz CT molecular complexity index is 789. The van der Waals surface area contributed by atoms with Crippen LogP contribution in [0.25, 0.3) is 0 Å². The lowest BCUT2D eigenvalue weighted by Crippen LogP contribution is -2.29. The van der Waals surface area contributed by atoms with Gasteiger partial charge in [0, 0.05) is 12.6 Å². The number of ether oxygens (including phenoxy) is 1. The van der Waals surface area contributed by atoms with Crippen molar-refractivity contribution >= 4 is 27.3 Å². The van der Waals surface area contributed by atoms with Gasteiger partial charge in [-0.15, -0.1) is 0 Å². The van der Waals surface area contributed by atoms with Crippen LogP contribution < -0.4 is 9.04 Å². The molecule has 0 atom stereocenters. The molecule has 1 aliphatic rings. The van der Waals surface area contributed by atoms with E-state index >= 15 is 0 Å². The van der Waals surface area contributed by atoms with Gasteiger partial charge >= 0.3 is 0 Å². The predicted octanol–water partition coefficient (Wildman–Crippen LogP) is 3.10. The van der Waals surface area contributed by atoms with Gasteiger partial charge in [-0.25, -0.2) is 8.42 Å². The van der Waals surface area contributed by atoms with E-state index in [-0.39, 0.29) is 4.90 Å². The third kappa shape index (κ3) is 2.36.